The SMILES string of the molecule is CCNC1(C(N)=O)CCCC(Oc2cc(F)ccc2C)C1. The molecule has 116 valence electrons. The van der Waals surface area contributed by atoms with E-state index in [0.29, 0.717) is 18.7 Å². The fourth-order valence-electron chi connectivity index (χ4n) is 3.02. The van der Waals surface area contributed by atoms with E-state index in [0.717, 1.165) is 24.8 Å². The highest BCUT2D eigenvalue weighted by Gasteiger charge is 2.41. The summed E-state index contributed by atoms with van der Waals surface area (Å²) in [7, 11) is 0. The molecule has 0 aliphatic heterocycles. The Labute approximate surface area is 124 Å². The molecular weight excluding hydrogens is 271 g/mol. The number of halogens is 1. The molecule has 0 bridgehead atoms. The first kappa shape index (κ1) is 15.8. The van der Waals surface area contributed by atoms with E-state index >= 15 is 0 Å². The van der Waals surface area contributed by atoms with E-state index in [9.17, 15) is 9.18 Å². The summed E-state index contributed by atoms with van der Waals surface area (Å²) >= 11 is 0. The second kappa shape index (κ2) is 6.43. The Morgan fingerprint density at radius 1 is 1.57 bits per heavy atom. The molecule has 0 spiro atoms. The van der Waals surface area contributed by atoms with Crippen LogP contribution in [-0.4, -0.2) is 24.1 Å². The largest absolute Gasteiger partial charge is 0.490 e. The van der Waals surface area contributed by atoms with Crippen LogP contribution >= 0.6 is 0 Å². The summed E-state index contributed by atoms with van der Waals surface area (Å²) < 4.78 is 19.3. The van der Waals surface area contributed by atoms with E-state index < -0.39 is 5.54 Å². The normalized spacial score (nSPS) is 25.6. The predicted octanol–water partition coefficient (Wildman–Crippen LogP) is 2.29. The molecule has 1 saturated carbocycles. The zero-order valence-electron chi connectivity index (χ0n) is 12.6. The molecule has 0 saturated heterocycles. The molecule has 1 aromatic carbocycles. The molecule has 2 atom stereocenters. The topological polar surface area (TPSA) is 64.3 Å². The van der Waals surface area contributed by atoms with E-state index in [-0.39, 0.29) is 17.8 Å². The molecule has 2 unspecified atom stereocenters. The lowest BCUT2D eigenvalue weighted by atomic mass is 9.79. The molecule has 4 nitrogen and oxygen atoms in total. The summed E-state index contributed by atoms with van der Waals surface area (Å²) in [5.74, 6) is -0.121. The predicted molar refractivity (Wildman–Crippen MR) is 79.6 cm³/mol. The number of aryl methyl sites for hydroxylation is 1. The fraction of sp³-hybridized carbons (Fsp3) is 0.562. The average molecular weight is 294 g/mol. The third kappa shape index (κ3) is 3.53. The monoisotopic (exact) mass is 294 g/mol. The number of ether oxygens (including phenoxy) is 1. The molecule has 0 aromatic heterocycles. The number of nitrogens with two attached hydrogens (primary N) is 1. The van der Waals surface area contributed by atoms with E-state index in [1.165, 1.54) is 12.1 Å². The lowest BCUT2D eigenvalue weighted by molar-refractivity contribution is -0.127. The number of carbonyl (C=O) groups is 1. The second-order valence-corrected chi connectivity index (χ2v) is 5.72. The number of nitrogens with one attached hydrogen (secondary N) is 1. The fourth-order valence-corrected chi connectivity index (χ4v) is 3.02. The Morgan fingerprint density at radius 3 is 3.00 bits per heavy atom. The van der Waals surface area contributed by atoms with E-state index in [1.54, 1.807) is 6.07 Å². The average Bonchev–Trinajstić information content (AvgIpc) is 2.43. The molecule has 3 N–H and O–H groups in total. The summed E-state index contributed by atoms with van der Waals surface area (Å²) in [5.41, 5.74) is 5.76. The van der Waals surface area contributed by atoms with Crippen LogP contribution in [0.1, 0.15) is 38.2 Å². The Balaban J connectivity index is 2.13. The number of rotatable bonds is 5. The molecule has 5 heteroatoms. The summed E-state index contributed by atoms with van der Waals surface area (Å²) in [4.78, 5) is 11.8. The maximum atomic E-state index is 13.3. The Morgan fingerprint density at radius 2 is 2.33 bits per heavy atom. The standard InChI is InChI=1S/C16H23FN2O2/c1-3-19-16(15(18)20)8-4-5-13(10-16)21-14-9-12(17)7-6-11(14)2/h6-7,9,13,19H,3-5,8,10H2,1-2H3,(H2,18,20). The van der Waals surface area contributed by atoms with E-state index in [1.807, 2.05) is 13.8 Å². The molecule has 2 rings (SSSR count). The van der Waals surface area contributed by atoms with Crippen LogP contribution in [0, 0.1) is 12.7 Å². The van der Waals surface area contributed by atoms with Gasteiger partial charge in [0.1, 0.15) is 23.2 Å². The van der Waals surface area contributed by atoms with Gasteiger partial charge in [-0.2, -0.15) is 0 Å². The minimum atomic E-state index is -0.709. The van der Waals surface area contributed by atoms with Gasteiger partial charge in [-0.15, -0.1) is 0 Å². The third-order valence-electron chi connectivity index (χ3n) is 4.14. The van der Waals surface area contributed by atoms with Gasteiger partial charge in [0.05, 0.1) is 0 Å². The summed E-state index contributed by atoms with van der Waals surface area (Å²) in [6.07, 6.45) is 2.81. The quantitative estimate of drug-likeness (QED) is 0.875. The molecule has 21 heavy (non-hydrogen) atoms. The first-order valence-corrected chi connectivity index (χ1v) is 7.44. The van der Waals surface area contributed by atoms with Crippen LogP contribution < -0.4 is 15.8 Å². The van der Waals surface area contributed by atoms with Crippen molar-refractivity contribution in [3.8, 4) is 5.75 Å². The van der Waals surface area contributed by atoms with Crippen LogP contribution in [0.3, 0.4) is 0 Å². The van der Waals surface area contributed by atoms with Crippen molar-refractivity contribution in [2.45, 2.75) is 51.2 Å². The molecule has 1 amide bonds. The first-order valence-electron chi connectivity index (χ1n) is 7.44. The van der Waals surface area contributed by atoms with Crippen LogP contribution in [0.15, 0.2) is 18.2 Å². The smallest absolute Gasteiger partial charge is 0.237 e. The van der Waals surface area contributed by atoms with Gasteiger partial charge in [0.2, 0.25) is 5.91 Å². The molecule has 1 aliphatic carbocycles. The van der Waals surface area contributed by atoms with Crippen molar-refractivity contribution >= 4 is 5.91 Å². The van der Waals surface area contributed by atoms with Crippen LogP contribution in [0.4, 0.5) is 4.39 Å². The number of hydrogen-bond donors (Lipinski definition) is 2. The van der Waals surface area contributed by atoms with Gasteiger partial charge in [-0.25, -0.2) is 4.39 Å². The summed E-state index contributed by atoms with van der Waals surface area (Å²) in [5, 5.41) is 3.21. The number of carbonyl (C=O) groups excluding carboxylic acids is 1. The van der Waals surface area contributed by atoms with Gasteiger partial charge in [-0.1, -0.05) is 13.0 Å². The molecule has 1 aliphatic rings. The maximum absolute atomic E-state index is 13.3. The number of hydrogen-bond acceptors (Lipinski definition) is 3. The number of likely N-dealkylation sites (N-methyl/N-ethyl adjacent to an activating group) is 1. The molecular formula is C16H23FN2O2. The van der Waals surface area contributed by atoms with Gasteiger partial charge in [0, 0.05) is 12.5 Å². The Bertz CT molecular complexity index is 517. The van der Waals surface area contributed by atoms with Crippen LogP contribution in [0.25, 0.3) is 0 Å². The highest BCUT2D eigenvalue weighted by atomic mass is 19.1. The zero-order valence-corrected chi connectivity index (χ0v) is 12.6. The Hall–Kier alpha value is -1.62. The van der Waals surface area contributed by atoms with Crippen molar-refractivity contribution in [3.05, 3.63) is 29.6 Å². The highest BCUT2D eigenvalue weighted by Crippen LogP contribution is 2.32. The van der Waals surface area contributed by atoms with Crippen molar-refractivity contribution in [2.75, 3.05) is 6.54 Å². The number of primary amides is 1. The van der Waals surface area contributed by atoms with Gasteiger partial charge < -0.3 is 15.8 Å². The van der Waals surface area contributed by atoms with Gasteiger partial charge in [0.15, 0.2) is 0 Å². The molecule has 0 heterocycles. The van der Waals surface area contributed by atoms with E-state index in [2.05, 4.69) is 5.32 Å². The van der Waals surface area contributed by atoms with Crippen LogP contribution in [-0.2, 0) is 4.79 Å². The molecule has 1 aromatic rings. The first-order chi connectivity index (χ1) is 9.97. The molecule has 0 radical (unpaired) electrons. The van der Waals surface area contributed by atoms with Crippen LogP contribution in [0.5, 0.6) is 5.75 Å². The Kier molecular flexibility index (Phi) is 4.83. The second-order valence-electron chi connectivity index (χ2n) is 5.72. The van der Waals surface area contributed by atoms with Crippen molar-refractivity contribution in [3.63, 3.8) is 0 Å². The number of benzene rings is 1. The van der Waals surface area contributed by atoms with Crippen molar-refractivity contribution in [1.29, 1.82) is 0 Å². The maximum Gasteiger partial charge on any atom is 0.237 e. The van der Waals surface area contributed by atoms with Gasteiger partial charge in [-0.05, 0) is 44.4 Å². The van der Waals surface area contributed by atoms with Crippen molar-refractivity contribution < 1.29 is 13.9 Å². The van der Waals surface area contributed by atoms with Gasteiger partial charge >= 0.3 is 0 Å². The van der Waals surface area contributed by atoms with Crippen LogP contribution in [0.2, 0.25) is 0 Å². The zero-order chi connectivity index (χ0) is 15.5. The van der Waals surface area contributed by atoms with E-state index in [4.69, 9.17) is 10.5 Å². The minimum Gasteiger partial charge on any atom is -0.490 e. The third-order valence-corrected chi connectivity index (χ3v) is 4.14. The minimum absolute atomic E-state index is 0.134. The highest BCUT2D eigenvalue weighted by molar-refractivity contribution is 5.84. The lowest BCUT2D eigenvalue weighted by Gasteiger charge is -2.39. The van der Waals surface area contributed by atoms with Crippen molar-refractivity contribution in [2.24, 2.45) is 5.73 Å². The van der Waals surface area contributed by atoms with Gasteiger partial charge in [0.25, 0.3) is 0 Å². The summed E-state index contributed by atoms with van der Waals surface area (Å²) in [6.45, 7) is 4.50. The number of amides is 1. The van der Waals surface area contributed by atoms with Crippen molar-refractivity contribution in [1.82, 2.24) is 5.32 Å². The van der Waals surface area contributed by atoms with Gasteiger partial charge in [-0.3, -0.25) is 4.79 Å². The lowest BCUT2D eigenvalue weighted by Crippen LogP contribution is -2.59. The molecule has 1 fully saturated rings. The summed E-state index contributed by atoms with van der Waals surface area (Å²) in [6, 6.07) is 4.50.